The summed E-state index contributed by atoms with van der Waals surface area (Å²) in [6.45, 7) is 6.82. The van der Waals surface area contributed by atoms with Crippen LogP contribution < -0.4 is 10.9 Å². The fraction of sp³-hybridized carbons (Fsp3) is 0.438. The van der Waals surface area contributed by atoms with Gasteiger partial charge in [-0.1, -0.05) is 60.7 Å². The Labute approximate surface area is 230 Å². The number of hydrogen-bond donors (Lipinski definition) is 3. The molecule has 2 fully saturated rings. The van der Waals surface area contributed by atoms with E-state index >= 15 is 0 Å². The summed E-state index contributed by atoms with van der Waals surface area (Å²) in [7, 11) is 0. The predicted octanol–water partition coefficient (Wildman–Crippen LogP) is 4.21. The van der Waals surface area contributed by atoms with Gasteiger partial charge >= 0.3 is 0 Å². The summed E-state index contributed by atoms with van der Waals surface area (Å²) in [6.07, 6.45) is 3.11. The molecule has 3 heterocycles. The molecule has 2 aromatic carbocycles. The highest BCUT2D eigenvalue weighted by atomic mass is 16.5. The lowest BCUT2D eigenvalue weighted by atomic mass is 9.72. The van der Waals surface area contributed by atoms with Crippen LogP contribution in [0.1, 0.15) is 66.7 Å². The fourth-order valence-electron chi connectivity index (χ4n) is 6.18. The zero-order valence-corrected chi connectivity index (χ0v) is 22.9. The minimum Gasteiger partial charge on any atom is -0.380 e. The van der Waals surface area contributed by atoms with Gasteiger partial charge in [-0.25, -0.2) is 0 Å². The molecule has 2 saturated heterocycles. The van der Waals surface area contributed by atoms with Gasteiger partial charge in [-0.15, -0.1) is 0 Å². The van der Waals surface area contributed by atoms with Gasteiger partial charge in [0.2, 0.25) is 0 Å². The van der Waals surface area contributed by atoms with E-state index in [-0.39, 0.29) is 34.6 Å². The second kappa shape index (κ2) is 11.5. The highest BCUT2D eigenvalue weighted by Gasteiger charge is 2.41. The molecule has 7 nitrogen and oxygen atoms in total. The van der Waals surface area contributed by atoms with Gasteiger partial charge in [-0.3, -0.25) is 14.5 Å². The van der Waals surface area contributed by atoms with E-state index in [2.05, 4.69) is 15.2 Å². The highest BCUT2D eigenvalue weighted by molar-refractivity contribution is 5.94. The van der Waals surface area contributed by atoms with Gasteiger partial charge in [0.05, 0.1) is 5.60 Å². The van der Waals surface area contributed by atoms with Gasteiger partial charge in [0.1, 0.15) is 11.2 Å². The molecule has 1 aromatic heterocycles. The molecule has 3 N–H and O–H groups in total. The number of benzene rings is 2. The van der Waals surface area contributed by atoms with Gasteiger partial charge < -0.3 is 20.1 Å². The SMILES string of the molecule is CC1(C)CC(NC(=O)c2ccc(CN3CCC(C(O)(c4ccccc4)c4ccccc4)CC3)[nH]c2=O)CCO1. The summed E-state index contributed by atoms with van der Waals surface area (Å²) in [5.41, 5.74) is 1.04. The molecule has 1 atom stereocenters. The minimum absolute atomic E-state index is 0.00737. The van der Waals surface area contributed by atoms with Crippen LogP contribution in [0.5, 0.6) is 0 Å². The summed E-state index contributed by atoms with van der Waals surface area (Å²) in [5, 5.41) is 15.1. The number of ether oxygens (including phenoxy) is 1. The Balaban J connectivity index is 1.22. The molecule has 2 aliphatic heterocycles. The molecule has 5 rings (SSSR count). The number of aromatic amines is 1. The third-order valence-electron chi connectivity index (χ3n) is 8.25. The Morgan fingerprint density at radius 2 is 1.62 bits per heavy atom. The van der Waals surface area contributed by atoms with Crippen molar-refractivity contribution in [1.82, 2.24) is 15.2 Å². The van der Waals surface area contributed by atoms with E-state index in [1.807, 2.05) is 80.6 Å². The van der Waals surface area contributed by atoms with Crippen LogP contribution in [-0.4, -0.2) is 52.2 Å². The number of carbonyl (C=O) groups is 1. The maximum Gasteiger partial charge on any atom is 0.261 e. The number of pyridine rings is 1. The van der Waals surface area contributed by atoms with Crippen molar-refractivity contribution in [2.75, 3.05) is 19.7 Å². The van der Waals surface area contributed by atoms with Crippen LogP contribution in [0.3, 0.4) is 0 Å². The van der Waals surface area contributed by atoms with Crippen LogP contribution >= 0.6 is 0 Å². The number of hydrogen-bond acceptors (Lipinski definition) is 5. The molecular formula is C32H39N3O4. The standard InChI is InChI=1S/C32H39N3O4/c1-31(2)21-26(17-20-39-31)33-29(36)28-14-13-27(34-30(28)37)22-35-18-15-25(16-19-35)32(38,23-9-5-3-6-10-23)24-11-7-4-8-12-24/h3-14,25-26,38H,15-22H2,1-2H3,(H,33,36)(H,34,37). The lowest BCUT2D eigenvalue weighted by Crippen LogP contribution is -2.46. The first-order valence-electron chi connectivity index (χ1n) is 14.0. The maximum absolute atomic E-state index is 12.8. The largest absolute Gasteiger partial charge is 0.380 e. The lowest BCUT2D eigenvalue weighted by Gasteiger charge is -2.42. The molecule has 2 aliphatic rings. The molecular weight excluding hydrogens is 490 g/mol. The minimum atomic E-state index is -1.06. The van der Waals surface area contributed by atoms with Gasteiger partial charge in [-0.2, -0.15) is 0 Å². The van der Waals surface area contributed by atoms with Gasteiger partial charge in [0.15, 0.2) is 0 Å². The lowest BCUT2D eigenvalue weighted by molar-refractivity contribution is -0.0615. The van der Waals surface area contributed by atoms with Crippen molar-refractivity contribution in [3.05, 3.63) is 106 Å². The molecule has 0 spiro atoms. The Hall–Kier alpha value is -3.26. The molecule has 7 heteroatoms. The van der Waals surface area contributed by atoms with Crippen LogP contribution in [0, 0.1) is 5.92 Å². The third kappa shape index (κ3) is 6.16. The first-order chi connectivity index (χ1) is 18.7. The normalized spacial score (nSPS) is 20.4. The fourth-order valence-corrected chi connectivity index (χ4v) is 6.18. The average Bonchev–Trinajstić information content (AvgIpc) is 2.93. The summed E-state index contributed by atoms with van der Waals surface area (Å²) in [5.74, 6) is -0.272. The van der Waals surface area contributed by atoms with Crippen molar-refractivity contribution in [2.24, 2.45) is 5.92 Å². The van der Waals surface area contributed by atoms with Crippen LogP contribution in [0.4, 0.5) is 0 Å². The van der Waals surface area contributed by atoms with E-state index in [9.17, 15) is 14.7 Å². The molecule has 3 aromatic rings. The number of nitrogens with one attached hydrogen (secondary N) is 2. The number of carbonyl (C=O) groups excluding carboxylic acids is 1. The highest BCUT2D eigenvalue weighted by Crippen LogP contribution is 2.42. The van der Waals surface area contributed by atoms with E-state index in [0.29, 0.717) is 19.6 Å². The summed E-state index contributed by atoms with van der Waals surface area (Å²) < 4.78 is 5.73. The van der Waals surface area contributed by atoms with Crippen LogP contribution in [0.25, 0.3) is 0 Å². The van der Waals surface area contributed by atoms with Crippen molar-refractivity contribution in [2.45, 2.75) is 63.3 Å². The summed E-state index contributed by atoms with van der Waals surface area (Å²) in [6, 6.07) is 23.3. The van der Waals surface area contributed by atoms with Crippen molar-refractivity contribution in [3.8, 4) is 0 Å². The number of likely N-dealkylation sites (tertiary alicyclic amines) is 1. The topological polar surface area (TPSA) is 94.7 Å². The molecule has 0 aliphatic carbocycles. The number of rotatable bonds is 7. The number of aromatic nitrogens is 1. The molecule has 1 amide bonds. The molecule has 0 radical (unpaired) electrons. The number of nitrogens with zero attached hydrogens (tertiary/aromatic N) is 1. The maximum atomic E-state index is 12.8. The molecule has 206 valence electrons. The van der Waals surface area contributed by atoms with E-state index < -0.39 is 5.60 Å². The third-order valence-corrected chi connectivity index (χ3v) is 8.25. The Morgan fingerprint density at radius 1 is 1.00 bits per heavy atom. The summed E-state index contributed by atoms with van der Waals surface area (Å²) >= 11 is 0. The molecule has 39 heavy (non-hydrogen) atoms. The smallest absolute Gasteiger partial charge is 0.261 e. The number of amides is 1. The molecule has 0 bridgehead atoms. The monoisotopic (exact) mass is 529 g/mol. The van der Waals surface area contributed by atoms with Gasteiger partial charge in [-0.05, 0) is 81.8 Å². The number of H-pyrrole nitrogens is 1. The van der Waals surface area contributed by atoms with Crippen LogP contribution in [-0.2, 0) is 16.9 Å². The Kier molecular flexibility index (Phi) is 8.03. The Morgan fingerprint density at radius 3 is 2.18 bits per heavy atom. The second-order valence-electron chi connectivity index (χ2n) is 11.5. The van der Waals surface area contributed by atoms with E-state index in [1.54, 1.807) is 6.07 Å². The van der Waals surface area contributed by atoms with Crippen molar-refractivity contribution in [1.29, 1.82) is 0 Å². The Bertz CT molecular complexity index is 1270. The van der Waals surface area contributed by atoms with Crippen LogP contribution in [0.2, 0.25) is 0 Å². The van der Waals surface area contributed by atoms with E-state index in [0.717, 1.165) is 49.2 Å². The average molecular weight is 530 g/mol. The first-order valence-corrected chi connectivity index (χ1v) is 14.0. The molecule has 1 unspecified atom stereocenters. The second-order valence-corrected chi connectivity index (χ2v) is 11.5. The number of piperidine rings is 1. The van der Waals surface area contributed by atoms with Crippen molar-refractivity contribution >= 4 is 5.91 Å². The van der Waals surface area contributed by atoms with E-state index in [4.69, 9.17) is 4.74 Å². The zero-order chi connectivity index (χ0) is 27.5. The molecule has 0 saturated carbocycles. The quantitative estimate of drug-likeness (QED) is 0.426. The van der Waals surface area contributed by atoms with Gasteiger partial charge in [0.25, 0.3) is 11.5 Å². The van der Waals surface area contributed by atoms with Crippen molar-refractivity contribution < 1.29 is 14.6 Å². The van der Waals surface area contributed by atoms with E-state index in [1.165, 1.54) is 0 Å². The van der Waals surface area contributed by atoms with Crippen LogP contribution in [0.15, 0.2) is 77.6 Å². The van der Waals surface area contributed by atoms with Gasteiger partial charge in [0, 0.05) is 24.9 Å². The number of aliphatic hydroxyl groups is 1. The zero-order valence-electron chi connectivity index (χ0n) is 22.9. The first kappa shape index (κ1) is 27.3. The van der Waals surface area contributed by atoms with Crippen molar-refractivity contribution in [3.63, 3.8) is 0 Å². The predicted molar refractivity (Wildman–Crippen MR) is 151 cm³/mol. The summed E-state index contributed by atoms with van der Waals surface area (Å²) in [4.78, 5) is 30.8.